The molecule has 2 aromatic carbocycles. The number of aryl methyl sites for hydroxylation is 1. The van der Waals surface area contributed by atoms with Gasteiger partial charge in [0, 0.05) is 20.9 Å². The smallest absolute Gasteiger partial charge is 0.126 e. The fraction of sp³-hybridized carbons (Fsp3) is 0.200. The molecule has 2 rings (SSSR count). The molecule has 0 bridgehead atoms. The topological polar surface area (TPSA) is 26.0 Å². The Balaban J connectivity index is 2.38. The molecule has 0 amide bonds. The van der Waals surface area contributed by atoms with Crippen LogP contribution >= 0.6 is 23.4 Å². The summed E-state index contributed by atoms with van der Waals surface area (Å²) in [6.07, 6.45) is 0. The lowest BCUT2D eigenvalue weighted by Crippen LogP contribution is -2.07. The van der Waals surface area contributed by atoms with Crippen molar-refractivity contribution in [2.24, 2.45) is 5.73 Å². The minimum absolute atomic E-state index is 0.204. The van der Waals surface area contributed by atoms with E-state index < -0.39 is 0 Å². The average Bonchev–Trinajstić information content (AvgIpc) is 2.36. The molecule has 0 radical (unpaired) electrons. The van der Waals surface area contributed by atoms with E-state index in [9.17, 15) is 4.39 Å². The Labute approximate surface area is 122 Å². The van der Waals surface area contributed by atoms with Gasteiger partial charge < -0.3 is 5.73 Å². The van der Waals surface area contributed by atoms with Crippen molar-refractivity contribution >= 4 is 23.4 Å². The van der Waals surface area contributed by atoms with E-state index in [1.54, 1.807) is 18.7 Å². The summed E-state index contributed by atoms with van der Waals surface area (Å²) in [6, 6.07) is 10.7. The number of nitrogens with two attached hydrogens (primary N) is 1. The van der Waals surface area contributed by atoms with E-state index in [-0.39, 0.29) is 11.9 Å². The minimum Gasteiger partial charge on any atom is -0.324 e. The molecule has 100 valence electrons. The van der Waals surface area contributed by atoms with Gasteiger partial charge in [-0.05, 0) is 61.4 Å². The number of hydrogen-bond acceptors (Lipinski definition) is 2. The Hall–Kier alpha value is -1.03. The van der Waals surface area contributed by atoms with Gasteiger partial charge in [-0.3, -0.25) is 0 Å². The molecule has 0 fully saturated rings. The lowest BCUT2D eigenvalue weighted by atomic mass is 10.1. The summed E-state index contributed by atoms with van der Waals surface area (Å²) < 4.78 is 13.6. The van der Waals surface area contributed by atoms with Crippen molar-refractivity contribution in [2.75, 3.05) is 0 Å². The number of benzene rings is 2. The van der Waals surface area contributed by atoms with Gasteiger partial charge in [-0.25, -0.2) is 4.39 Å². The van der Waals surface area contributed by atoms with Gasteiger partial charge in [-0.2, -0.15) is 0 Å². The molecule has 0 aliphatic rings. The molecule has 0 aromatic heterocycles. The fourth-order valence-corrected chi connectivity index (χ4v) is 2.99. The first-order chi connectivity index (χ1) is 8.97. The standard InChI is InChI=1S/C15H15ClFNS/c1-9-7-15(13(10(2)18)8-14(9)17)19-12-5-3-11(16)4-6-12/h3-8,10H,18H2,1-2H3/t10-/m1/s1. The van der Waals surface area contributed by atoms with E-state index in [0.717, 1.165) is 15.4 Å². The van der Waals surface area contributed by atoms with Crippen LogP contribution in [0.4, 0.5) is 4.39 Å². The largest absolute Gasteiger partial charge is 0.324 e. The number of hydrogen-bond donors (Lipinski definition) is 1. The zero-order valence-corrected chi connectivity index (χ0v) is 12.4. The van der Waals surface area contributed by atoms with Crippen molar-refractivity contribution in [3.63, 3.8) is 0 Å². The lowest BCUT2D eigenvalue weighted by Gasteiger charge is -2.14. The molecule has 0 heterocycles. The van der Waals surface area contributed by atoms with Gasteiger partial charge >= 0.3 is 0 Å². The molecule has 2 N–H and O–H groups in total. The zero-order chi connectivity index (χ0) is 14.0. The predicted molar refractivity (Wildman–Crippen MR) is 79.3 cm³/mol. The molecular weight excluding hydrogens is 281 g/mol. The maximum Gasteiger partial charge on any atom is 0.126 e. The molecule has 0 saturated heterocycles. The van der Waals surface area contributed by atoms with E-state index in [4.69, 9.17) is 17.3 Å². The zero-order valence-electron chi connectivity index (χ0n) is 10.8. The third-order valence-electron chi connectivity index (χ3n) is 2.82. The summed E-state index contributed by atoms with van der Waals surface area (Å²) in [6.45, 7) is 3.61. The van der Waals surface area contributed by atoms with Crippen LogP contribution in [0.25, 0.3) is 0 Å². The molecule has 0 spiro atoms. The second kappa shape index (κ2) is 5.95. The van der Waals surface area contributed by atoms with Gasteiger partial charge in [0.25, 0.3) is 0 Å². The van der Waals surface area contributed by atoms with E-state index >= 15 is 0 Å². The summed E-state index contributed by atoms with van der Waals surface area (Å²) >= 11 is 7.43. The van der Waals surface area contributed by atoms with Gasteiger partial charge in [-0.1, -0.05) is 23.4 Å². The quantitative estimate of drug-likeness (QED) is 0.866. The van der Waals surface area contributed by atoms with Crippen LogP contribution in [-0.2, 0) is 0 Å². The third kappa shape index (κ3) is 3.50. The Morgan fingerprint density at radius 2 is 1.84 bits per heavy atom. The second-order valence-corrected chi connectivity index (χ2v) is 6.04. The van der Waals surface area contributed by atoms with Crippen LogP contribution in [0, 0.1) is 12.7 Å². The highest BCUT2D eigenvalue weighted by atomic mass is 35.5. The monoisotopic (exact) mass is 295 g/mol. The Bertz CT molecular complexity index is 581. The SMILES string of the molecule is Cc1cc(Sc2ccc(Cl)cc2)c([C@@H](C)N)cc1F. The molecule has 1 atom stereocenters. The van der Waals surface area contributed by atoms with E-state index in [2.05, 4.69) is 0 Å². The maximum atomic E-state index is 13.6. The summed E-state index contributed by atoms with van der Waals surface area (Å²) in [5, 5.41) is 0.701. The Morgan fingerprint density at radius 3 is 2.42 bits per heavy atom. The first-order valence-electron chi connectivity index (χ1n) is 5.96. The number of rotatable bonds is 3. The highest BCUT2D eigenvalue weighted by molar-refractivity contribution is 7.99. The lowest BCUT2D eigenvalue weighted by molar-refractivity contribution is 0.610. The maximum absolute atomic E-state index is 13.6. The van der Waals surface area contributed by atoms with Crippen LogP contribution in [-0.4, -0.2) is 0 Å². The van der Waals surface area contributed by atoms with E-state index in [1.807, 2.05) is 37.3 Å². The van der Waals surface area contributed by atoms with Crippen molar-refractivity contribution in [3.8, 4) is 0 Å². The van der Waals surface area contributed by atoms with Crippen LogP contribution in [0.2, 0.25) is 5.02 Å². The van der Waals surface area contributed by atoms with Gasteiger partial charge in [0.2, 0.25) is 0 Å². The highest BCUT2D eigenvalue weighted by Crippen LogP contribution is 2.34. The van der Waals surface area contributed by atoms with E-state index in [0.29, 0.717) is 10.6 Å². The van der Waals surface area contributed by atoms with Crippen molar-refractivity contribution in [2.45, 2.75) is 29.7 Å². The molecule has 0 aliphatic heterocycles. The first-order valence-corrected chi connectivity index (χ1v) is 7.16. The molecule has 0 unspecified atom stereocenters. The molecular formula is C15H15ClFNS. The summed E-state index contributed by atoms with van der Waals surface area (Å²) in [5.74, 6) is -0.215. The third-order valence-corrected chi connectivity index (χ3v) is 4.16. The van der Waals surface area contributed by atoms with Crippen LogP contribution in [0.3, 0.4) is 0 Å². The number of halogens is 2. The average molecular weight is 296 g/mol. The summed E-state index contributed by atoms with van der Waals surface area (Å²) in [7, 11) is 0. The predicted octanol–water partition coefficient (Wildman–Crippen LogP) is 4.96. The normalized spacial score (nSPS) is 12.5. The van der Waals surface area contributed by atoms with E-state index in [1.165, 1.54) is 6.07 Å². The van der Waals surface area contributed by atoms with Crippen LogP contribution in [0.5, 0.6) is 0 Å². The molecule has 0 aliphatic carbocycles. The van der Waals surface area contributed by atoms with Crippen LogP contribution < -0.4 is 5.73 Å². The van der Waals surface area contributed by atoms with Gasteiger partial charge in [-0.15, -0.1) is 0 Å². The van der Waals surface area contributed by atoms with Crippen molar-refractivity contribution in [1.29, 1.82) is 0 Å². The Kier molecular flexibility index (Phi) is 4.50. The van der Waals surface area contributed by atoms with Crippen molar-refractivity contribution in [1.82, 2.24) is 0 Å². The molecule has 19 heavy (non-hydrogen) atoms. The van der Waals surface area contributed by atoms with Crippen molar-refractivity contribution < 1.29 is 4.39 Å². The fourth-order valence-electron chi connectivity index (χ4n) is 1.74. The molecule has 4 heteroatoms. The summed E-state index contributed by atoms with van der Waals surface area (Å²) in [4.78, 5) is 2.04. The first kappa shape index (κ1) is 14.4. The van der Waals surface area contributed by atoms with Gasteiger partial charge in [0.1, 0.15) is 5.82 Å². The molecule has 0 saturated carbocycles. The second-order valence-electron chi connectivity index (χ2n) is 4.48. The minimum atomic E-state index is -0.215. The summed E-state index contributed by atoms with van der Waals surface area (Å²) in [5.41, 5.74) is 7.36. The molecule has 1 nitrogen and oxygen atoms in total. The van der Waals surface area contributed by atoms with Gasteiger partial charge in [0.05, 0.1) is 0 Å². The highest BCUT2D eigenvalue weighted by Gasteiger charge is 2.12. The van der Waals surface area contributed by atoms with Crippen molar-refractivity contribution in [3.05, 3.63) is 58.4 Å². The Morgan fingerprint density at radius 1 is 1.21 bits per heavy atom. The molecule has 2 aromatic rings. The van der Waals surface area contributed by atoms with Crippen LogP contribution in [0.15, 0.2) is 46.2 Å². The van der Waals surface area contributed by atoms with Gasteiger partial charge in [0.15, 0.2) is 0 Å². The van der Waals surface area contributed by atoms with Crippen LogP contribution in [0.1, 0.15) is 24.1 Å².